The van der Waals surface area contributed by atoms with Crippen LogP contribution in [0.25, 0.3) is 0 Å². The molecule has 1 aliphatic heterocycles. The van der Waals surface area contributed by atoms with Crippen LogP contribution in [0.4, 0.5) is 0 Å². The molecule has 1 aliphatic rings. The van der Waals surface area contributed by atoms with Gasteiger partial charge in [0.2, 0.25) is 5.82 Å². The Labute approximate surface area is 117 Å². The molecule has 1 aromatic heterocycles. The van der Waals surface area contributed by atoms with Crippen molar-refractivity contribution in [3.63, 3.8) is 0 Å². The molecule has 1 fully saturated rings. The summed E-state index contributed by atoms with van der Waals surface area (Å²) in [5.41, 5.74) is -0.194. The predicted octanol–water partition coefficient (Wildman–Crippen LogP) is 0.895. The molecule has 0 spiro atoms. The smallest absolute Gasteiger partial charge is 0.306 e. The quantitative estimate of drug-likeness (QED) is 0.856. The first-order chi connectivity index (χ1) is 9.20. The first-order valence-electron chi connectivity index (χ1n) is 6.65. The van der Waals surface area contributed by atoms with Gasteiger partial charge in [-0.15, -0.1) is 5.10 Å². The number of aliphatic carboxylic acids is 1. The molecule has 0 radical (unpaired) electrons. The molecular weight excluding hydrogens is 260 g/mol. The number of carboxylic acids is 1. The summed E-state index contributed by atoms with van der Waals surface area (Å²) in [6.45, 7) is 8.51. The van der Waals surface area contributed by atoms with Gasteiger partial charge in [0.25, 0.3) is 5.91 Å². The zero-order valence-electron chi connectivity index (χ0n) is 12.2. The normalized spacial score (nSPS) is 17.7. The molecule has 0 aliphatic carbocycles. The third-order valence-electron chi connectivity index (χ3n) is 3.68. The van der Waals surface area contributed by atoms with Gasteiger partial charge < -0.3 is 10.0 Å². The molecule has 2 N–H and O–H groups in total. The molecular formula is C13H20N4O3. The van der Waals surface area contributed by atoms with Crippen LogP contribution in [0.3, 0.4) is 0 Å². The fourth-order valence-corrected chi connectivity index (χ4v) is 2.03. The lowest BCUT2D eigenvalue weighted by Crippen LogP contribution is -2.53. The van der Waals surface area contributed by atoms with Crippen LogP contribution in [0.15, 0.2) is 0 Å². The molecule has 0 saturated carbocycles. The molecule has 1 saturated heterocycles. The molecule has 110 valence electrons. The summed E-state index contributed by atoms with van der Waals surface area (Å²) in [7, 11) is 0. The number of aromatic nitrogens is 3. The Morgan fingerprint density at radius 3 is 2.45 bits per heavy atom. The molecule has 0 bridgehead atoms. The summed E-state index contributed by atoms with van der Waals surface area (Å²) >= 11 is 0. The molecule has 1 aromatic rings. The summed E-state index contributed by atoms with van der Waals surface area (Å²) in [6.07, 6.45) is 0. The van der Waals surface area contributed by atoms with Crippen molar-refractivity contribution in [2.75, 3.05) is 13.1 Å². The van der Waals surface area contributed by atoms with Crippen LogP contribution in [0, 0.1) is 11.8 Å². The summed E-state index contributed by atoms with van der Waals surface area (Å²) in [5, 5.41) is 15.6. The van der Waals surface area contributed by atoms with E-state index < -0.39 is 11.9 Å². The van der Waals surface area contributed by atoms with E-state index in [1.54, 1.807) is 11.8 Å². The Morgan fingerprint density at radius 2 is 2.00 bits per heavy atom. The van der Waals surface area contributed by atoms with E-state index >= 15 is 0 Å². The van der Waals surface area contributed by atoms with Crippen molar-refractivity contribution in [2.45, 2.75) is 33.1 Å². The van der Waals surface area contributed by atoms with Crippen molar-refractivity contribution >= 4 is 11.9 Å². The van der Waals surface area contributed by atoms with Crippen LogP contribution in [0.1, 0.15) is 44.1 Å². The molecule has 1 unspecified atom stereocenters. The number of hydrogen-bond acceptors (Lipinski definition) is 4. The van der Waals surface area contributed by atoms with Crippen LogP contribution in [0.2, 0.25) is 0 Å². The van der Waals surface area contributed by atoms with Crippen molar-refractivity contribution in [3.8, 4) is 0 Å². The number of carboxylic acid groups (broad SMARTS) is 1. The van der Waals surface area contributed by atoms with E-state index in [1.807, 2.05) is 20.8 Å². The van der Waals surface area contributed by atoms with E-state index in [1.165, 1.54) is 0 Å². The number of aromatic amines is 1. The van der Waals surface area contributed by atoms with Crippen LogP contribution < -0.4 is 0 Å². The number of carbonyl (C=O) groups is 2. The first kappa shape index (κ1) is 14.5. The predicted molar refractivity (Wildman–Crippen MR) is 71.3 cm³/mol. The number of hydrogen-bond donors (Lipinski definition) is 2. The molecule has 1 amide bonds. The SMILES string of the molecule is CC(C(=O)O)C1CN(C(=O)c2n[nH]c(C(C)(C)C)n2)C1. The number of rotatable bonds is 3. The molecule has 1 atom stereocenters. The molecule has 2 heterocycles. The fourth-order valence-electron chi connectivity index (χ4n) is 2.03. The minimum Gasteiger partial charge on any atom is -0.481 e. The van der Waals surface area contributed by atoms with E-state index in [9.17, 15) is 9.59 Å². The Kier molecular flexibility index (Phi) is 3.54. The van der Waals surface area contributed by atoms with Crippen LogP contribution in [-0.4, -0.2) is 50.2 Å². The number of likely N-dealkylation sites (tertiary alicyclic amines) is 1. The van der Waals surface area contributed by atoms with Gasteiger partial charge in [-0.05, 0) is 0 Å². The Balaban J connectivity index is 1.98. The first-order valence-corrected chi connectivity index (χ1v) is 6.65. The second-order valence-electron chi connectivity index (χ2n) is 6.35. The van der Waals surface area contributed by atoms with Crippen molar-refractivity contribution in [3.05, 3.63) is 11.6 Å². The number of carbonyl (C=O) groups excluding carboxylic acids is 1. The van der Waals surface area contributed by atoms with E-state index in [0.29, 0.717) is 18.9 Å². The molecule has 2 rings (SSSR count). The van der Waals surface area contributed by atoms with E-state index in [4.69, 9.17) is 5.11 Å². The lowest BCUT2D eigenvalue weighted by atomic mass is 9.87. The minimum absolute atomic E-state index is 0.0116. The van der Waals surface area contributed by atoms with Crippen LogP contribution in [0.5, 0.6) is 0 Å². The zero-order valence-corrected chi connectivity index (χ0v) is 12.2. The highest BCUT2D eigenvalue weighted by Gasteiger charge is 2.38. The van der Waals surface area contributed by atoms with E-state index in [2.05, 4.69) is 15.2 Å². The molecule has 20 heavy (non-hydrogen) atoms. The van der Waals surface area contributed by atoms with Gasteiger partial charge in [0, 0.05) is 24.4 Å². The largest absolute Gasteiger partial charge is 0.481 e. The van der Waals surface area contributed by atoms with Gasteiger partial charge in [-0.2, -0.15) is 0 Å². The highest BCUT2D eigenvalue weighted by atomic mass is 16.4. The molecule has 7 nitrogen and oxygen atoms in total. The van der Waals surface area contributed by atoms with E-state index in [-0.39, 0.29) is 23.1 Å². The van der Waals surface area contributed by atoms with Crippen molar-refractivity contribution in [1.82, 2.24) is 20.1 Å². The van der Waals surface area contributed by atoms with Gasteiger partial charge in [0.1, 0.15) is 5.82 Å². The van der Waals surface area contributed by atoms with Crippen molar-refractivity contribution < 1.29 is 14.7 Å². The average Bonchev–Trinajstić information content (AvgIpc) is 2.74. The number of nitrogens with one attached hydrogen (secondary N) is 1. The zero-order chi connectivity index (χ0) is 15.1. The fraction of sp³-hybridized carbons (Fsp3) is 0.692. The van der Waals surface area contributed by atoms with Gasteiger partial charge in [-0.25, -0.2) is 4.98 Å². The third-order valence-corrected chi connectivity index (χ3v) is 3.68. The topological polar surface area (TPSA) is 99.2 Å². The summed E-state index contributed by atoms with van der Waals surface area (Å²) in [5.74, 6) is -0.678. The maximum atomic E-state index is 12.1. The Hall–Kier alpha value is -1.92. The number of amides is 1. The highest BCUT2D eigenvalue weighted by Crippen LogP contribution is 2.25. The second kappa shape index (κ2) is 4.88. The monoisotopic (exact) mass is 280 g/mol. The average molecular weight is 280 g/mol. The summed E-state index contributed by atoms with van der Waals surface area (Å²) in [6, 6.07) is 0. The maximum Gasteiger partial charge on any atom is 0.306 e. The standard InChI is InChI=1S/C13H20N4O3/c1-7(11(19)20)8-5-17(6-8)10(18)9-14-12(16-15-9)13(2,3)4/h7-8H,5-6H2,1-4H3,(H,19,20)(H,14,15,16). The van der Waals surface area contributed by atoms with Gasteiger partial charge in [-0.1, -0.05) is 27.7 Å². The third kappa shape index (κ3) is 2.66. The van der Waals surface area contributed by atoms with Gasteiger partial charge in [-0.3, -0.25) is 14.7 Å². The van der Waals surface area contributed by atoms with Crippen molar-refractivity contribution in [1.29, 1.82) is 0 Å². The summed E-state index contributed by atoms with van der Waals surface area (Å²) < 4.78 is 0. The lowest BCUT2D eigenvalue weighted by molar-refractivity contribution is -0.144. The maximum absolute atomic E-state index is 12.1. The highest BCUT2D eigenvalue weighted by molar-refractivity contribution is 5.91. The van der Waals surface area contributed by atoms with Crippen LogP contribution in [-0.2, 0) is 10.2 Å². The van der Waals surface area contributed by atoms with E-state index in [0.717, 1.165) is 0 Å². The summed E-state index contributed by atoms with van der Waals surface area (Å²) in [4.78, 5) is 28.8. The minimum atomic E-state index is -0.824. The number of nitrogens with zero attached hydrogens (tertiary/aromatic N) is 3. The number of H-pyrrole nitrogens is 1. The Bertz CT molecular complexity index is 526. The van der Waals surface area contributed by atoms with Crippen molar-refractivity contribution in [2.24, 2.45) is 11.8 Å². The van der Waals surface area contributed by atoms with Gasteiger partial charge in [0.15, 0.2) is 0 Å². The molecule has 0 aromatic carbocycles. The molecule has 7 heteroatoms. The van der Waals surface area contributed by atoms with Gasteiger partial charge in [0.05, 0.1) is 5.92 Å². The Morgan fingerprint density at radius 1 is 1.40 bits per heavy atom. The lowest BCUT2D eigenvalue weighted by Gasteiger charge is -2.40. The van der Waals surface area contributed by atoms with Crippen LogP contribution >= 0.6 is 0 Å². The second-order valence-corrected chi connectivity index (χ2v) is 6.35. The van der Waals surface area contributed by atoms with Gasteiger partial charge >= 0.3 is 5.97 Å².